The molecule has 0 aromatic heterocycles. The molecule has 1 atom stereocenters. The van der Waals surface area contributed by atoms with Crippen LogP contribution < -0.4 is 9.47 Å². The Hall–Kier alpha value is -2.74. The van der Waals surface area contributed by atoms with Crippen molar-refractivity contribution >= 4 is 40.7 Å². The molecule has 1 unspecified atom stereocenters. The van der Waals surface area contributed by atoms with Crippen LogP contribution in [0.15, 0.2) is 42.0 Å². The number of carbonyl (C=O) groups excluding carboxylic acids is 2. The highest BCUT2D eigenvalue weighted by Crippen LogP contribution is 2.42. The molecule has 7 nitrogen and oxygen atoms in total. The molecule has 1 heterocycles. The summed E-state index contributed by atoms with van der Waals surface area (Å²) in [7, 11) is 1.51. The van der Waals surface area contributed by atoms with E-state index < -0.39 is 17.7 Å². The van der Waals surface area contributed by atoms with Gasteiger partial charge in [0.15, 0.2) is 11.5 Å². The summed E-state index contributed by atoms with van der Waals surface area (Å²) in [5.74, 6) is -0.865. The largest absolute Gasteiger partial charge is 0.507 e. The lowest BCUT2D eigenvalue weighted by Gasteiger charge is -2.26. The molecule has 34 heavy (non-hydrogen) atoms. The van der Waals surface area contributed by atoms with Gasteiger partial charge >= 0.3 is 0 Å². The zero-order chi connectivity index (χ0) is 25.0. The summed E-state index contributed by atoms with van der Waals surface area (Å²) >= 11 is 12.1. The van der Waals surface area contributed by atoms with Crippen molar-refractivity contribution in [1.82, 2.24) is 4.90 Å². The first-order valence-corrected chi connectivity index (χ1v) is 11.6. The van der Waals surface area contributed by atoms with Crippen LogP contribution >= 0.6 is 23.2 Å². The lowest BCUT2D eigenvalue weighted by atomic mass is 9.95. The van der Waals surface area contributed by atoms with Crippen molar-refractivity contribution in [2.45, 2.75) is 32.9 Å². The van der Waals surface area contributed by atoms with Crippen LogP contribution in [0.2, 0.25) is 10.0 Å². The minimum Gasteiger partial charge on any atom is -0.507 e. The highest BCUT2D eigenvalue weighted by molar-refractivity contribution is 6.46. The van der Waals surface area contributed by atoms with Gasteiger partial charge in [0.2, 0.25) is 0 Å². The number of aliphatic hydroxyl groups is 1. The topological polar surface area (TPSA) is 85.3 Å². The normalized spacial score (nSPS) is 17.5. The van der Waals surface area contributed by atoms with E-state index in [1.807, 2.05) is 20.8 Å². The van der Waals surface area contributed by atoms with Gasteiger partial charge in [-0.2, -0.15) is 0 Å². The molecular weight excluding hydrogens is 481 g/mol. The van der Waals surface area contributed by atoms with Gasteiger partial charge in [0.25, 0.3) is 11.7 Å². The molecule has 0 bridgehead atoms. The van der Waals surface area contributed by atoms with Gasteiger partial charge < -0.3 is 24.2 Å². The fourth-order valence-corrected chi connectivity index (χ4v) is 4.06. The van der Waals surface area contributed by atoms with Crippen LogP contribution in [0.3, 0.4) is 0 Å². The number of benzene rings is 2. The molecule has 1 fully saturated rings. The smallest absolute Gasteiger partial charge is 0.295 e. The zero-order valence-corrected chi connectivity index (χ0v) is 20.9. The van der Waals surface area contributed by atoms with E-state index in [0.717, 1.165) is 0 Å². The van der Waals surface area contributed by atoms with E-state index in [9.17, 15) is 14.7 Å². The number of ether oxygens (including phenoxy) is 3. The molecule has 1 aliphatic heterocycles. The Bertz CT molecular complexity index is 1110. The molecule has 3 rings (SSSR count). The van der Waals surface area contributed by atoms with E-state index in [1.165, 1.54) is 30.2 Å². The molecule has 0 saturated carbocycles. The third-order valence-corrected chi connectivity index (χ3v) is 5.95. The summed E-state index contributed by atoms with van der Waals surface area (Å²) < 4.78 is 16.8. The van der Waals surface area contributed by atoms with Gasteiger partial charge in [-0.3, -0.25) is 9.59 Å². The van der Waals surface area contributed by atoms with E-state index in [0.29, 0.717) is 28.7 Å². The molecule has 1 saturated heterocycles. The maximum atomic E-state index is 13.1. The molecule has 182 valence electrons. The van der Waals surface area contributed by atoms with Gasteiger partial charge in [-0.05, 0) is 56.7 Å². The summed E-state index contributed by atoms with van der Waals surface area (Å²) in [5.41, 5.74) is 0.796. The van der Waals surface area contributed by atoms with Crippen molar-refractivity contribution in [2.24, 2.45) is 0 Å². The molecule has 1 N–H and O–H groups in total. The van der Waals surface area contributed by atoms with Crippen molar-refractivity contribution in [1.29, 1.82) is 0 Å². The van der Waals surface area contributed by atoms with Crippen LogP contribution in [0, 0.1) is 0 Å². The van der Waals surface area contributed by atoms with Crippen molar-refractivity contribution in [3.8, 4) is 11.5 Å². The predicted molar refractivity (Wildman–Crippen MR) is 131 cm³/mol. The molecule has 1 aliphatic rings. The number of carbonyl (C=O) groups is 2. The highest BCUT2D eigenvalue weighted by Gasteiger charge is 2.46. The standard InChI is InChI=1S/C25H27Cl2NO6/c1-5-33-20-13-15(7-9-19(20)34-14(2)3)22-21(24(30)25(31)28(22)10-11-32-4)23(29)16-6-8-17(26)18(27)12-16/h6-9,12-14,22,29H,5,10-11H2,1-4H3/b23-21-. The fraction of sp³-hybridized carbons (Fsp3) is 0.360. The summed E-state index contributed by atoms with van der Waals surface area (Å²) in [5, 5.41) is 11.7. The number of nitrogens with zero attached hydrogens (tertiary/aromatic N) is 1. The van der Waals surface area contributed by atoms with Gasteiger partial charge in [-0.1, -0.05) is 29.3 Å². The number of Topliss-reactive ketones (excluding diaryl/α,β-unsaturated/α-hetero) is 1. The van der Waals surface area contributed by atoms with Crippen LogP contribution in [-0.4, -0.2) is 54.7 Å². The quantitative estimate of drug-likeness (QED) is 0.283. The maximum absolute atomic E-state index is 13.1. The number of hydrogen-bond donors (Lipinski definition) is 1. The summed E-state index contributed by atoms with van der Waals surface area (Å²) in [4.78, 5) is 27.4. The van der Waals surface area contributed by atoms with Gasteiger partial charge in [0.1, 0.15) is 5.76 Å². The number of aliphatic hydroxyl groups excluding tert-OH is 1. The third-order valence-electron chi connectivity index (χ3n) is 5.22. The van der Waals surface area contributed by atoms with Crippen molar-refractivity contribution in [3.05, 3.63) is 63.1 Å². The average Bonchev–Trinajstić information content (AvgIpc) is 3.04. The molecule has 2 aromatic rings. The zero-order valence-electron chi connectivity index (χ0n) is 19.4. The Kier molecular flexibility index (Phi) is 8.47. The Balaban J connectivity index is 2.19. The minimum atomic E-state index is -0.864. The van der Waals surface area contributed by atoms with Crippen molar-refractivity contribution < 1.29 is 28.9 Å². The van der Waals surface area contributed by atoms with E-state index >= 15 is 0 Å². The SMILES string of the molecule is CCOc1cc(C2/C(=C(/O)c3ccc(Cl)c(Cl)c3)C(=O)C(=O)N2CCOC)ccc1OC(C)C. The van der Waals surface area contributed by atoms with Crippen LogP contribution in [0.1, 0.15) is 37.9 Å². The highest BCUT2D eigenvalue weighted by atomic mass is 35.5. The van der Waals surface area contributed by atoms with Crippen LogP contribution in [0.4, 0.5) is 0 Å². The summed E-state index contributed by atoms with van der Waals surface area (Å²) in [6.45, 7) is 6.41. The molecular formula is C25H27Cl2NO6. The van der Waals surface area contributed by atoms with Crippen LogP contribution in [0.5, 0.6) is 11.5 Å². The lowest BCUT2D eigenvalue weighted by molar-refractivity contribution is -0.140. The summed E-state index contributed by atoms with van der Waals surface area (Å²) in [6, 6.07) is 8.84. The predicted octanol–water partition coefficient (Wildman–Crippen LogP) is 5.25. The Morgan fingerprint density at radius 3 is 2.44 bits per heavy atom. The minimum absolute atomic E-state index is 0.0560. The second-order valence-corrected chi connectivity index (χ2v) is 8.73. The average molecular weight is 508 g/mol. The molecule has 0 radical (unpaired) electrons. The lowest BCUT2D eigenvalue weighted by Crippen LogP contribution is -2.32. The Labute approximate surface area is 208 Å². The summed E-state index contributed by atoms with van der Waals surface area (Å²) in [6.07, 6.45) is -0.0768. The van der Waals surface area contributed by atoms with Crippen LogP contribution in [-0.2, 0) is 14.3 Å². The van der Waals surface area contributed by atoms with E-state index in [4.69, 9.17) is 37.4 Å². The first-order valence-electron chi connectivity index (χ1n) is 10.9. The number of amides is 1. The first kappa shape index (κ1) is 25.9. The number of methoxy groups -OCH3 is 1. The van der Waals surface area contributed by atoms with Gasteiger partial charge in [0.05, 0.1) is 41.0 Å². The van der Waals surface area contributed by atoms with Crippen molar-refractivity contribution in [3.63, 3.8) is 0 Å². The fourth-order valence-electron chi connectivity index (χ4n) is 3.76. The van der Waals surface area contributed by atoms with Crippen LogP contribution in [0.25, 0.3) is 5.76 Å². The number of rotatable bonds is 9. The maximum Gasteiger partial charge on any atom is 0.295 e. The molecule has 1 amide bonds. The number of hydrogen-bond acceptors (Lipinski definition) is 6. The molecule has 2 aromatic carbocycles. The van der Waals surface area contributed by atoms with Gasteiger partial charge in [-0.15, -0.1) is 0 Å². The number of likely N-dealkylation sites (tertiary alicyclic amines) is 1. The van der Waals surface area contributed by atoms with Gasteiger partial charge in [0, 0.05) is 19.2 Å². The third kappa shape index (κ3) is 5.32. The first-order chi connectivity index (χ1) is 16.2. The van der Waals surface area contributed by atoms with E-state index in [1.54, 1.807) is 18.2 Å². The molecule has 9 heteroatoms. The second-order valence-electron chi connectivity index (χ2n) is 7.92. The monoisotopic (exact) mass is 507 g/mol. The number of ketones is 1. The van der Waals surface area contributed by atoms with E-state index in [2.05, 4.69) is 0 Å². The second kappa shape index (κ2) is 11.1. The van der Waals surface area contributed by atoms with Crippen molar-refractivity contribution in [2.75, 3.05) is 26.9 Å². The Morgan fingerprint density at radius 2 is 1.82 bits per heavy atom. The number of halogens is 2. The Morgan fingerprint density at radius 1 is 1.09 bits per heavy atom. The van der Waals surface area contributed by atoms with Gasteiger partial charge in [-0.25, -0.2) is 0 Å². The molecule has 0 spiro atoms. The molecule has 0 aliphatic carbocycles. The van der Waals surface area contributed by atoms with E-state index in [-0.39, 0.29) is 41.2 Å².